The molecule has 7 nitrogen and oxygen atoms in total. The van der Waals surface area contributed by atoms with Gasteiger partial charge in [0.05, 0.1) is 17.3 Å². The standard InChI is InChI=1S/C25H19N5O2S/c1-18-6-8-21(9-7-18)33(31,32)29-24-25(28-23-5-3-2-4-22(23)27-24)30-16-12-20(13-17-30)19-10-14-26-15-11-19/h2-17H,1H3/p+1. The van der Waals surface area contributed by atoms with Gasteiger partial charge in [-0.1, -0.05) is 29.8 Å². The van der Waals surface area contributed by atoms with Crippen LogP contribution in [-0.4, -0.2) is 23.7 Å². The summed E-state index contributed by atoms with van der Waals surface area (Å²) in [5.41, 5.74) is 4.28. The molecule has 1 unspecified atom stereocenters. The fourth-order valence-corrected chi connectivity index (χ4v) is 4.36. The van der Waals surface area contributed by atoms with Crippen LogP contribution in [0.3, 0.4) is 0 Å². The Morgan fingerprint density at radius 1 is 0.818 bits per heavy atom. The zero-order chi connectivity index (χ0) is 22.8. The van der Waals surface area contributed by atoms with Gasteiger partial charge in [-0.15, -0.1) is 4.36 Å². The van der Waals surface area contributed by atoms with Crippen LogP contribution in [0.5, 0.6) is 0 Å². The molecule has 2 aromatic carbocycles. The van der Waals surface area contributed by atoms with Crippen LogP contribution in [0, 0.1) is 6.92 Å². The summed E-state index contributed by atoms with van der Waals surface area (Å²) in [4.78, 5) is 13.5. The number of nitrogens with zero attached hydrogens (tertiary/aromatic N) is 5. The predicted octanol–water partition coefficient (Wildman–Crippen LogP) is 4.91. The van der Waals surface area contributed by atoms with Crippen LogP contribution < -0.4 is 4.57 Å². The minimum Gasteiger partial charge on any atom is -0.296 e. The molecule has 8 heteroatoms. The fraction of sp³-hybridized carbons (Fsp3) is 0.0400. The molecule has 0 saturated heterocycles. The lowest BCUT2D eigenvalue weighted by atomic mass is 10.1. The molecule has 33 heavy (non-hydrogen) atoms. The summed E-state index contributed by atoms with van der Waals surface area (Å²) < 4.78 is 29.8. The molecular formula is C25H20N5O2S+. The van der Waals surface area contributed by atoms with E-state index in [0.29, 0.717) is 16.9 Å². The molecule has 3 aromatic heterocycles. The minimum atomic E-state index is -3.73. The van der Waals surface area contributed by atoms with Crippen molar-refractivity contribution < 1.29 is 13.3 Å². The van der Waals surface area contributed by atoms with Crippen molar-refractivity contribution in [1.82, 2.24) is 15.0 Å². The average Bonchev–Trinajstić information content (AvgIpc) is 2.84. The molecule has 0 fully saturated rings. The van der Waals surface area contributed by atoms with Crippen molar-refractivity contribution in [2.24, 2.45) is 4.36 Å². The summed E-state index contributed by atoms with van der Waals surface area (Å²) in [5.74, 6) is 0.451. The molecule has 3 heterocycles. The first-order chi connectivity index (χ1) is 16.0. The molecule has 162 valence electrons. The summed E-state index contributed by atoms with van der Waals surface area (Å²) in [6.45, 7) is 1.92. The molecule has 1 atom stereocenters. The first kappa shape index (κ1) is 20.9. The Kier molecular flexibility index (Phi) is 5.37. The summed E-state index contributed by atoms with van der Waals surface area (Å²) in [6, 6.07) is 21.9. The predicted molar refractivity (Wildman–Crippen MR) is 127 cm³/mol. The van der Waals surface area contributed by atoms with Crippen LogP contribution >= 0.6 is 0 Å². The van der Waals surface area contributed by atoms with Crippen LogP contribution in [0.4, 0.5) is 5.82 Å². The fourth-order valence-electron chi connectivity index (χ4n) is 3.41. The van der Waals surface area contributed by atoms with Gasteiger partial charge in [0, 0.05) is 12.4 Å². The Bertz CT molecular complexity index is 1560. The van der Waals surface area contributed by atoms with Crippen molar-refractivity contribution in [3.8, 4) is 16.9 Å². The molecule has 0 aliphatic rings. The van der Waals surface area contributed by atoms with Gasteiger partial charge in [-0.25, -0.2) is 9.19 Å². The Morgan fingerprint density at radius 3 is 2.09 bits per heavy atom. The van der Waals surface area contributed by atoms with Gasteiger partial charge in [-0.3, -0.25) is 9.54 Å². The quantitative estimate of drug-likeness (QED) is 0.390. The average molecular weight is 455 g/mol. The van der Waals surface area contributed by atoms with E-state index in [4.69, 9.17) is 4.98 Å². The molecule has 0 saturated carbocycles. The van der Waals surface area contributed by atoms with E-state index < -0.39 is 10.0 Å². The van der Waals surface area contributed by atoms with E-state index in [1.165, 1.54) is 0 Å². The van der Waals surface area contributed by atoms with Gasteiger partial charge in [0.1, 0.15) is 5.52 Å². The van der Waals surface area contributed by atoms with E-state index in [1.54, 1.807) is 47.3 Å². The van der Waals surface area contributed by atoms with Crippen LogP contribution in [0.25, 0.3) is 28.0 Å². The highest BCUT2D eigenvalue weighted by Gasteiger charge is 2.22. The molecule has 1 N–H and O–H groups in total. The first-order valence-corrected chi connectivity index (χ1v) is 11.7. The molecule has 0 bridgehead atoms. The van der Waals surface area contributed by atoms with Crippen molar-refractivity contribution in [3.05, 3.63) is 103 Å². The van der Waals surface area contributed by atoms with Crippen molar-refractivity contribution >= 4 is 26.9 Å². The van der Waals surface area contributed by atoms with E-state index in [9.17, 15) is 8.76 Å². The van der Waals surface area contributed by atoms with Crippen molar-refractivity contribution in [1.29, 1.82) is 0 Å². The SMILES string of the molecule is Cc1ccc(S(=O)(O)=Nc2nc3ccccc3nc2-[n+]2ccc(-c3ccncc3)cc2)cc1. The zero-order valence-electron chi connectivity index (χ0n) is 17.7. The largest absolute Gasteiger partial charge is 0.374 e. The van der Waals surface area contributed by atoms with Crippen LogP contribution in [-0.2, 0) is 10.0 Å². The Hall–Kier alpha value is -4.01. The summed E-state index contributed by atoms with van der Waals surface area (Å²) >= 11 is 0. The van der Waals surface area contributed by atoms with E-state index in [1.807, 2.05) is 61.8 Å². The Labute approximate surface area is 191 Å². The van der Waals surface area contributed by atoms with Crippen molar-refractivity contribution in [2.75, 3.05) is 0 Å². The number of fused-ring (bicyclic) bond motifs is 1. The van der Waals surface area contributed by atoms with Gasteiger partial charge in [0.25, 0.3) is 5.82 Å². The maximum absolute atomic E-state index is 13.1. The highest BCUT2D eigenvalue weighted by Crippen LogP contribution is 2.24. The molecular weight excluding hydrogens is 434 g/mol. The highest BCUT2D eigenvalue weighted by molar-refractivity contribution is 7.88. The molecule has 0 radical (unpaired) electrons. The molecule has 0 spiro atoms. The number of pyridine rings is 2. The van der Waals surface area contributed by atoms with Crippen LogP contribution in [0.1, 0.15) is 5.56 Å². The summed E-state index contributed by atoms with van der Waals surface area (Å²) in [5, 5.41) is 0. The van der Waals surface area contributed by atoms with Crippen molar-refractivity contribution in [3.63, 3.8) is 0 Å². The number of aromatic nitrogens is 4. The van der Waals surface area contributed by atoms with E-state index in [-0.39, 0.29) is 10.7 Å². The van der Waals surface area contributed by atoms with Gasteiger partial charge in [0.15, 0.2) is 10.0 Å². The van der Waals surface area contributed by atoms with Gasteiger partial charge in [0.2, 0.25) is 5.52 Å². The second-order valence-electron chi connectivity index (χ2n) is 7.49. The number of para-hydroxylation sites is 2. The van der Waals surface area contributed by atoms with E-state index >= 15 is 0 Å². The normalized spacial score (nSPS) is 12.9. The second kappa shape index (κ2) is 8.50. The smallest absolute Gasteiger partial charge is 0.296 e. The first-order valence-electron chi connectivity index (χ1n) is 10.2. The maximum atomic E-state index is 13.1. The zero-order valence-corrected chi connectivity index (χ0v) is 18.6. The molecule has 0 amide bonds. The second-order valence-corrected chi connectivity index (χ2v) is 9.14. The van der Waals surface area contributed by atoms with Crippen molar-refractivity contribution in [2.45, 2.75) is 11.8 Å². The molecule has 0 aliphatic carbocycles. The van der Waals surface area contributed by atoms with Gasteiger partial charge in [-0.2, -0.15) is 4.57 Å². The lowest BCUT2D eigenvalue weighted by Crippen LogP contribution is -2.31. The number of benzene rings is 2. The molecule has 0 aliphatic heterocycles. The Morgan fingerprint density at radius 2 is 1.42 bits per heavy atom. The van der Waals surface area contributed by atoms with E-state index in [2.05, 4.69) is 14.3 Å². The third kappa shape index (κ3) is 4.34. The summed E-state index contributed by atoms with van der Waals surface area (Å²) in [6.07, 6.45) is 7.15. The number of hydrogen-bond acceptors (Lipinski definition) is 5. The Balaban J connectivity index is 1.66. The molecule has 5 rings (SSSR count). The number of rotatable bonds is 4. The number of hydrogen-bond donors (Lipinski definition) is 1. The minimum absolute atomic E-state index is 0.0865. The molecule has 5 aromatic rings. The lowest BCUT2D eigenvalue weighted by molar-refractivity contribution is -0.598. The highest BCUT2D eigenvalue weighted by atomic mass is 32.2. The lowest BCUT2D eigenvalue weighted by Gasteiger charge is -2.06. The van der Waals surface area contributed by atoms with Gasteiger partial charge >= 0.3 is 5.82 Å². The third-order valence-electron chi connectivity index (χ3n) is 5.16. The maximum Gasteiger partial charge on any atom is 0.374 e. The van der Waals surface area contributed by atoms with Crippen LogP contribution in [0.2, 0.25) is 0 Å². The third-order valence-corrected chi connectivity index (χ3v) is 6.47. The summed E-state index contributed by atoms with van der Waals surface area (Å²) in [7, 11) is -3.73. The topological polar surface area (TPSA) is 92.2 Å². The van der Waals surface area contributed by atoms with E-state index in [0.717, 1.165) is 16.7 Å². The van der Waals surface area contributed by atoms with Gasteiger partial charge in [-0.05, 0) is 71.6 Å². The van der Waals surface area contributed by atoms with Gasteiger partial charge < -0.3 is 0 Å². The van der Waals surface area contributed by atoms with Crippen LogP contribution in [0.15, 0.2) is 107 Å². The number of aryl methyl sites for hydroxylation is 1. The monoisotopic (exact) mass is 454 g/mol.